The number of para-hydroxylation sites is 1. The SMILES string of the molecule is COc1ccc([N+](=O)[O-])cc1C(=O)Nc1nc2c(OC)cccc2s1. The number of methoxy groups -OCH3 is 2. The Balaban J connectivity index is 1.94. The molecule has 0 spiro atoms. The summed E-state index contributed by atoms with van der Waals surface area (Å²) in [5.41, 5.74) is 0.496. The number of nitro groups is 1. The molecule has 128 valence electrons. The van der Waals surface area contributed by atoms with Gasteiger partial charge in [0.15, 0.2) is 5.13 Å². The van der Waals surface area contributed by atoms with Crippen LogP contribution in [0.1, 0.15) is 10.4 Å². The molecule has 0 unspecified atom stereocenters. The van der Waals surface area contributed by atoms with Gasteiger partial charge in [0.25, 0.3) is 11.6 Å². The van der Waals surface area contributed by atoms with Crippen LogP contribution < -0.4 is 14.8 Å². The predicted octanol–water partition coefficient (Wildman–Crippen LogP) is 3.47. The van der Waals surface area contributed by atoms with Gasteiger partial charge < -0.3 is 9.47 Å². The van der Waals surface area contributed by atoms with E-state index in [0.29, 0.717) is 16.4 Å². The summed E-state index contributed by atoms with van der Waals surface area (Å²) in [7, 11) is 2.93. The van der Waals surface area contributed by atoms with Crippen molar-refractivity contribution in [3.8, 4) is 11.5 Å². The third-order valence-corrected chi connectivity index (χ3v) is 4.40. The average Bonchev–Trinajstić information content (AvgIpc) is 3.03. The second-order valence-electron chi connectivity index (χ2n) is 4.92. The van der Waals surface area contributed by atoms with Gasteiger partial charge in [-0.15, -0.1) is 0 Å². The van der Waals surface area contributed by atoms with Crippen LogP contribution in [-0.2, 0) is 0 Å². The van der Waals surface area contributed by atoms with Crippen molar-refractivity contribution in [3.05, 3.63) is 52.1 Å². The Morgan fingerprint density at radius 3 is 2.64 bits per heavy atom. The Morgan fingerprint density at radius 2 is 1.96 bits per heavy atom. The quantitative estimate of drug-likeness (QED) is 0.552. The topological polar surface area (TPSA) is 104 Å². The minimum atomic E-state index is -0.571. The normalized spacial score (nSPS) is 10.5. The highest BCUT2D eigenvalue weighted by molar-refractivity contribution is 7.22. The summed E-state index contributed by atoms with van der Waals surface area (Å²) < 4.78 is 11.2. The number of nitrogens with zero attached hydrogens (tertiary/aromatic N) is 2. The second-order valence-corrected chi connectivity index (χ2v) is 5.95. The van der Waals surface area contributed by atoms with Crippen LogP contribution in [0, 0.1) is 10.1 Å². The van der Waals surface area contributed by atoms with E-state index < -0.39 is 10.8 Å². The van der Waals surface area contributed by atoms with Gasteiger partial charge in [0, 0.05) is 12.1 Å². The number of thiazole rings is 1. The summed E-state index contributed by atoms with van der Waals surface area (Å²) in [6.45, 7) is 0. The van der Waals surface area contributed by atoms with Crippen molar-refractivity contribution in [1.29, 1.82) is 0 Å². The predicted molar refractivity (Wildman–Crippen MR) is 93.8 cm³/mol. The van der Waals surface area contributed by atoms with Crippen molar-refractivity contribution in [3.63, 3.8) is 0 Å². The van der Waals surface area contributed by atoms with Crippen LogP contribution in [0.5, 0.6) is 11.5 Å². The van der Waals surface area contributed by atoms with Gasteiger partial charge in [-0.3, -0.25) is 20.2 Å². The van der Waals surface area contributed by atoms with Crippen LogP contribution in [0.4, 0.5) is 10.8 Å². The van der Waals surface area contributed by atoms with Crippen molar-refractivity contribution in [2.75, 3.05) is 19.5 Å². The number of carbonyl (C=O) groups is 1. The lowest BCUT2D eigenvalue weighted by Gasteiger charge is -2.07. The lowest BCUT2D eigenvalue weighted by molar-refractivity contribution is -0.384. The molecule has 9 heteroatoms. The number of anilines is 1. The Bertz CT molecular complexity index is 970. The molecule has 0 saturated heterocycles. The third kappa shape index (κ3) is 3.22. The van der Waals surface area contributed by atoms with Crippen molar-refractivity contribution in [2.45, 2.75) is 0 Å². The third-order valence-electron chi connectivity index (χ3n) is 3.46. The zero-order valence-electron chi connectivity index (χ0n) is 13.3. The lowest BCUT2D eigenvalue weighted by atomic mass is 10.1. The summed E-state index contributed by atoms with van der Waals surface area (Å²) >= 11 is 1.28. The Kier molecular flexibility index (Phi) is 4.48. The van der Waals surface area contributed by atoms with Crippen LogP contribution in [0.15, 0.2) is 36.4 Å². The minimum Gasteiger partial charge on any atom is -0.496 e. The number of hydrogen-bond donors (Lipinski definition) is 1. The zero-order valence-corrected chi connectivity index (χ0v) is 14.1. The first kappa shape index (κ1) is 16.7. The molecule has 0 saturated carbocycles. The number of ether oxygens (including phenoxy) is 2. The van der Waals surface area contributed by atoms with E-state index in [9.17, 15) is 14.9 Å². The van der Waals surface area contributed by atoms with Crippen LogP contribution in [0.3, 0.4) is 0 Å². The Morgan fingerprint density at radius 1 is 1.20 bits per heavy atom. The number of carbonyl (C=O) groups excluding carboxylic acids is 1. The van der Waals surface area contributed by atoms with E-state index in [1.54, 1.807) is 13.2 Å². The van der Waals surface area contributed by atoms with E-state index in [0.717, 1.165) is 4.70 Å². The van der Waals surface area contributed by atoms with Crippen molar-refractivity contribution < 1.29 is 19.2 Å². The van der Waals surface area contributed by atoms with Crippen LogP contribution >= 0.6 is 11.3 Å². The van der Waals surface area contributed by atoms with Crippen LogP contribution in [-0.4, -0.2) is 30.0 Å². The molecular formula is C16H13N3O5S. The first-order valence-electron chi connectivity index (χ1n) is 7.11. The summed E-state index contributed by atoms with van der Waals surface area (Å²) in [4.78, 5) is 27.2. The summed E-state index contributed by atoms with van der Waals surface area (Å²) in [5, 5.41) is 13.9. The number of amides is 1. The molecule has 3 aromatic rings. The molecule has 2 aromatic carbocycles. The Labute approximate surface area is 146 Å². The van der Waals surface area contributed by atoms with E-state index in [-0.39, 0.29) is 17.0 Å². The van der Waals surface area contributed by atoms with Crippen LogP contribution in [0.2, 0.25) is 0 Å². The van der Waals surface area contributed by atoms with Gasteiger partial charge in [-0.25, -0.2) is 4.98 Å². The van der Waals surface area contributed by atoms with Crippen molar-refractivity contribution >= 4 is 38.3 Å². The summed E-state index contributed by atoms with van der Waals surface area (Å²) in [6.07, 6.45) is 0. The molecule has 0 radical (unpaired) electrons. The van der Waals surface area contributed by atoms with Gasteiger partial charge in [0.2, 0.25) is 0 Å². The van der Waals surface area contributed by atoms with E-state index in [1.807, 2.05) is 12.1 Å². The molecule has 8 nitrogen and oxygen atoms in total. The molecular weight excluding hydrogens is 346 g/mol. The smallest absolute Gasteiger partial charge is 0.270 e. The van der Waals surface area contributed by atoms with Gasteiger partial charge in [-0.1, -0.05) is 17.4 Å². The monoisotopic (exact) mass is 359 g/mol. The number of nitro benzene ring substituents is 1. The van der Waals surface area contributed by atoms with Gasteiger partial charge in [0.1, 0.15) is 17.0 Å². The second kappa shape index (κ2) is 6.73. The molecule has 0 atom stereocenters. The van der Waals surface area contributed by atoms with Crippen molar-refractivity contribution in [1.82, 2.24) is 4.98 Å². The van der Waals surface area contributed by atoms with Crippen molar-refractivity contribution in [2.24, 2.45) is 0 Å². The largest absolute Gasteiger partial charge is 0.496 e. The van der Waals surface area contributed by atoms with E-state index in [1.165, 1.54) is 36.6 Å². The van der Waals surface area contributed by atoms with Gasteiger partial charge in [-0.2, -0.15) is 0 Å². The first-order valence-corrected chi connectivity index (χ1v) is 7.92. The lowest BCUT2D eigenvalue weighted by Crippen LogP contribution is -2.13. The van der Waals surface area contributed by atoms with E-state index >= 15 is 0 Å². The first-order chi connectivity index (χ1) is 12.0. The van der Waals surface area contributed by atoms with E-state index in [4.69, 9.17) is 9.47 Å². The fourth-order valence-electron chi connectivity index (χ4n) is 2.29. The molecule has 0 bridgehead atoms. The number of fused-ring (bicyclic) bond motifs is 1. The molecule has 25 heavy (non-hydrogen) atoms. The Hall–Kier alpha value is -3.20. The molecule has 1 heterocycles. The number of benzene rings is 2. The maximum atomic E-state index is 12.5. The average molecular weight is 359 g/mol. The molecule has 0 aliphatic heterocycles. The number of hydrogen-bond acceptors (Lipinski definition) is 7. The number of non-ortho nitro benzene ring substituents is 1. The highest BCUT2D eigenvalue weighted by atomic mass is 32.1. The number of rotatable bonds is 5. The van der Waals surface area contributed by atoms with Crippen LogP contribution in [0.25, 0.3) is 10.2 Å². The minimum absolute atomic E-state index is 0.0583. The highest BCUT2D eigenvalue weighted by Crippen LogP contribution is 2.33. The van der Waals surface area contributed by atoms with E-state index in [2.05, 4.69) is 10.3 Å². The molecule has 0 aliphatic rings. The zero-order chi connectivity index (χ0) is 18.0. The summed E-state index contributed by atoms with van der Waals surface area (Å²) in [6, 6.07) is 9.29. The molecule has 1 aromatic heterocycles. The maximum absolute atomic E-state index is 12.5. The van der Waals surface area contributed by atoms with Gasteiger partial charge >= 0.3 is 0 Å². The maximum Gasteiger partial charge on any atom is 0.270 e. The fraction of sp³-hybridized carbons (Fsp3) is 0.125. The van der Waals surface area contributed by atoms with Gasteiger partial charge in [-0.05, 0) is 18.2 Å². The number of nitrogens with one attached hydrogen (secondary N) is 1. The summed E-state index contributed by atoms with van der Waals surface area (Å²) in [5.74, 6) is 0.294. The standard InChI is InChI=1S/C16H13N3O5S/c1-23-11-7-6-9(19(21)22)8-10(11)15(20)18-16-17-14-12(24-2)4-3-5-13(14)25-16/h3-8H,1-2H3,(H,17,18,20). The molecule has 1 N–H and O–H groups in total. The highest BCUT2D eigenvalue weighted by Gasteiger charge is 2.19. The number of aromatic nitrogens is 1. The molecule has 0 fully saturated rings. The fourth-order valence-corrected chi connectivity index (χ4v) is 3.17. The molecule has 3 rings (SSSR count). The van der Waals surface area contributed by atoms with Gasteiger partial charge in [0.05, 0.1) is 29.4 Å². The molecule has 1 amide bonds. The molecule has 0 aliphatic carbocycles.